The molecule has 1 atom stereocenters. The second kappa shape index (κ2) is 8.10. The van der Waals surface area contributed by atoms with Crippen LogP contribution in [0, 0.1) is 0 Å². The molecule has 2 aliphatic heterocycles. The van der Waals surface area contributed by atoms with Gasteiger partial charge in [-0.15, -0.1) is 0 Å². The Balaban J connectivity index is 1.48. The van der Waals surface area contributed by atoms with Crippen molar-refractivity contribution in [1.29, 1.82) is 0 Å². The summed E-state index contributed by atoms with van der Waals surface area (Å²) in [5.41, 5.74) is 2.47. The van der Waals surface area contributed by atoms with Crippen molar-refractivity contribution in [2.45, 2.75) is 38.7 Å². The Labute approximate surface area is 174 Å². The van der Waals surface area contributed by atoms with E-state index in [1.807, 2.05) is 24.3 Å². The third-order valence-electron chi connectivity index (χ3n) is 5.40. The van der Waals surface area contributed by atoms with Crippen molar-refractivity contribution in [2.24, 2.45) is 0 Å². The lowest BCUT2D eigenvalue weighted by Crippen LogP contribution is -2.42. The van der Waals surface area contributed by atoms with E-state index in [-0.39, 0.29) is 36.1 Å². The zero-order chi connectivity index (χ0) is 21.3. The topological polar surface area (TPSA) is 84.0 Å². The number of rotatable bonds is 4. The summed E-state index contributed by atoms with van der Waals surface area (Å²) >= 11 is 0. The first kappa shape index (κ1) is 19.8. The molecule has 0 spiro atoms. The molecule has 1 fully saturated rings. The Morgan fingerprint density at radius 1 is 0.967 bits per heavy atom. The van der Waals surface area contributed by atoms with Crippen LogP contribution in [0.25, 0.3) is 0 Å². The van der Waals surface area contributed by atoms with Gasteiger partial charge in [0.15, 0.2) is 6.10 Å². The maximum Gasteiger partial charge on any atom is 0.338 e. The van der Waals surface area contributed by atoms with Gasteiger partial charge in [0.05, 0.1) is 11.3 Å². The van der Waals surface area contributed by atoms with E-state index in [0.29, 0.717) is 12.2 Å². The van der Waals surface area contributed by atoms with Crippen LogP contribution in [0.3, 0.4) is 0 Å². The number of para-hydroxylation sites is 1. The van der Waals surface area contributed by atoms with E-state index >= 15 is 0 Å². The van der Waals surface area contributed by atoms with Crippen molar-refractivity contribution in [3.63, 3.8) is 0 Å². The predicted molar refractivity (Wildman–Crippen MR) is 110 cm³/mol. The van der Waals surface area contributed by atoms with E-state index in [2.05, 4.69) is 0 Å². The largest absolute Gasteiger partial charge is 0.449 e. The van der Waals surface area contributed by atoms with E-state index in [1.54, 1.807) is 24.0 Å². The van der Waals surface area contributed by atoms with Crippen LogP contribution in [0.4, 0.5) is 11.4 Å². The van der Waals surface area contributed by atoms with Gasteiger partial charge in [-0.2, -0.15) is 0 Å². The van der Waals surface area contributed by atoms with Gasteiger partial charge in [-0.25, -0.2) is 4.79 Å². The van der Waals surface area contributed by atoms with Gasteiger partial charge in [0.2, 0.25) is 11.8 Å². The Hall–Kier alpha value is -3.48. The molecule has 7 heteroatoms. The van der Waals surface area contributed by atoms with Gasteiger partial charge >= 0.3 is 5.97 Å². The highest BCUT2D eigenvalue weighted by Crippen LogP contribution is 2.28. The van der Waals surface area contributed by atoms with Crippen LogP contribution in [0.5, 0.6) is 0 Å². The fourth-order valence-corrected chi connectivity index (χ4v) is 3.90. The maximum atomic E-state index is 12.9. The molecule has 2 heterocycles. The Morgan fingerprint density at radius 3 is 2.47 bits per heavy atom. The second-order valence-electron chi connectivity index (χ2n) is 7.44. The van der Waals surface area contributed by atoms with Crippen LogP contribution >= 0.6 is 0 Å². The van der Waals surface area contributed by atoms with Crippen LogP contribution < -0.4 is 9.80 Å². The van der Waals surface area contributed by atoms with Crippen LogP contribution in [-0.4, -0.2) is 36.3 Å². The number of anilines is 2. The molecule has 154 valence electrons. The van der Waals surface area contributed by atoms with Gasteiger partial charge in [-0.05, 0) is 49.6 Å². The van der Waals surface area contributed by atoms with Gasteiger partial charge < -0.3 is 9.64 Å². The minimum Gasteiger partial charge on any atom is -0.449 e. The average molecular weight is 406 g/mol. The molecule has 0 N–H and O–H groups in total. The van der Waals surface area contributed by atoms with Gasteiger partial charge in [0.25, 0.3) is 5.91 Å². The first-order valence-corrected chi connectivity index (χ1v) is 10.0. The van der Waals surface area contributed by atoms with Crippen LogP contribution in [0.2, 0.25) is 0 Å². The minimum absolute atomic E-state index is 0.163. The first-order chi connectivity index (χ1) is 14.5. The number of aryl methyl sites for hydroxylation is 1. The summed E-state index contributed by atoms with van der Waals surface area (Å²) in [5.74, 6) is -1.55. The Kier molecular flexibility index (Phi) is 5.35. The van der Waals surface area contributed by atoms with Gasteiger partial charge in [0, 0.05) is 25.1 Å². The number of hydrogen-bond donors (Lipinski definition) is 0. The molecule has 30 heavy (non-hydrogen) atoms. The Morgan fingerprint density at radius 2 is 1.70 bits per heavy atom. The number of carbonyl (C=O) groups excluding carboxylic acids is 4. The summed E-state index contributed by atoms with van der Waals surface area (Å²) in [6.07, 6.45) is 1.12. The molecular weight excluding hydrogens is 384 g/mol. The quantitative estimate of drug-likeness (QED) is 0.576. The third kappa shape index (κ3) is 3.70. The Bertz CT molecular complexity index is 1020. The number of amides is 3. The number of hydrogen-bond acceptors (Lipinski definition) is 5. The third-order valence-corrected chi connectivity index (χ3v) is 5.40. The summed E-state index contributed by atoms with van der Waals surface area (Å²) < 4.78 is 5.42. The van der Waals surface area contributed by atoms with Gasteiger partial charge in [0.1, 0.15) is 0 Å². The molecule has 0 saturated carbocycles. The molecule has 0 aliphatic carbocycles. The molecule has 3 amide bonds. The van der Waals surface area contributed by atoms with Crippen LogP contribution in [0.15, 0.2) is 48.5 Å². The lowest BCUT2D eigenvalue weighted by Gasteiger charge is -2.31. The van der Waals surface area contributed by atoms with Gasteiger partial charge in [-0.1, -0.05) is 24.3 Å². The monoisotopic (exact) mass is 406 g/mol. The van der Waals surface area contributed by atoms with Crippen LogP contribution in [0.1, 0.15) is 42.1 Å². The number of esters is 1. The van der Waals surface area contributed by atoms with Crippen molar-refractivity contribution in [3.05, 3.63) is 59.7 Å². The number of ether oxygens (including phenoxy) is 1. The molecule has 1 saturated heterocycles. The highest BCUT2D eigenvalue weighted by atomic mass is 16.5. The summed E-state index contributed by atoms with van der Waals surface area (Å²) in [6.45, 7) is 2.13. The highest BCUT2D eigenvalue weighted by molar-refractivity contribution is 6.20. The van der Waals surface area contributed by atoms with Crippen LogP contribution in [-0.2, 0) is 25.5 Å². The van der Waals surface area contributed by atoms with Crippen molar-refractivity contribution >= 4 is 35.1 Å². The standard InChI is InChI=1S/C23H22N2O5/c1-15(22(28)24-13-5-8-16-6-2-3-10-19(16)24)30-23(29)17-7-4-9-18(14-17)25-20(26)11-12-21(25)27/h2-4,6-7,9-10,14-15H,5,8,11-13H2,1H3/t15-/m0/s1. The molecule has 2 aliphatic rings. The zero-order valence-corrected chi connectivity index (χ0v) is 16.7. The number of imide groups is 1. The molecule has 0 aromatic heterocycles. The van der Waals surface area contributed by atoms with Crippen molar-refractivity contribution in [3.8, 4) is 0 Å². The van der Waals surface area contributed by atoms with Crippen molar-refractivity contribution < 1.29 is 23.9 Å². The SMILES string of the molecule is C[C@H](OC(=O)c1cccc(N2C(=O)CCC2=O)c1)C(=O)N1CCCc2ccccc21. The van der Waals surface area contributed by atoms with Crippen molar-refractivity contribution in [2.75, 3.05) is 16.3 Å². The molecule has 7 nitrogen and oxygen atoms in total. The van der Waals surface area contributed by atoms with Gasteiger partial charge in [-0.3, -0.25) is 19.3 Å². The average Bonchev–Trinajstić information content (AvgIpc) is 3.10. The van der Waals surface area contributed by atoms with Crippen molar-refractivity contribution in [1.82, 2.24) is 0 Å². The number of carbonyl (C=O) groups is 4. The zero-order valence-electron chi connectivity index (χ0n) is 16.7. The lowest BCUT2D eigenvalue weighted by molar-refractivity contribution is -0.126. The summed E-state index contributed by atoms with van der Waals surface area (Å²) in [4.78, 5) is 52.2. The summed E-state index contributed by atoms with van der Waals surface area (Å²) in [7, 11) is 0. The molecule has 0 unspecified atom stereocenters. The first-order valence-electron chi connectivity index (χ1n) is 10.0. The predicted octanol–water partition coefficient (Wildman–Crippen LogP) is 2.86. The molecule has 0 radical (unpaired) electrons. The highest BCUT2D eigenvalue weighted by Gasteiger charge is 2.31. The number of nitrogens with zero attached hydrogens (tertiary/aromatic N) is 2. The molecular formula is C23H22N2O5. The second-order valence-corrected chi connectivity index (χ2v) is 7.44. The number of fused-ring (bicyclic) bond motifs is 1. The molecule has 0 bridgehead atoms. The molecule has 2 aromatic carbocycles. The smallest absolute Gasteiger partial charge is 0.338 e. The summed E-state index contributed by atoms with van der Waals surface area (Å²) in [6, 6.07) is 13.9. The fourth-order valence-electron chi connectivity index (χ4n) is 3.90. The fraction of sp³-hybridized carbons (Fsp3) is 0.304. The van der Waals surface area contributed by atoms with E-state index in [0.717, 1.165) is 29.0 Å². The number of benzene rings is 2. The normalized spacial score (nSPS) is 17.0. The van der Waals surface area contributed by atoms with E-state index < -0.39 is 12.1 Å². The maximum absolute atomic E-state index is 12.9. The lowest BCUT2D eigenvalue weighted by atomic mass is 10.0. The van der Waals surface area contributed by atoms with E-state index in [9.17, 15) is 19.2 Å². The summed E-state index contributed by atoms with van der Waals surface area (Å²) in [5, 5.41) is 0. The van der Waals surface area contributed by atoms with E-state index in [1.165, 1.54) is 12.1 Å². The molecule has 2 aromatic rings. The molecule has 4 rings (SSSR count). The minimum atomic E-state index is -0.970. The van der Waals surface area contributed by atoms with E-state index in [4.69, 9.17) is 4.74 Å².